The number of dihydropyridines is 1. The molecular weight excluding hydrogens is 209 g/mol. The molecule has 1 unspecified atom stereocenters. The topological polar surface area (TPSA) is 55.1 Å². The maximum absolute atomic E-state index is 12.6. The minimum absolute atomic E-state index is 0.122. The highest BCUT2D eigenvalue weighted by atomic mass is 19.4. The average Bonchev–Trinajstić information content (AvgIpc) is 2.15. The Morgan fingerprint density at radius 2 is 2.20 bits per heavy atom. The Labute approximate surface area is 84.8 Å². The van der Waals surface area contributed by atoms with E-state index in [1.165, 1.54) is 6.92 Å². The van der Waals surface area contributed by atoms with E-state index in [0.717, 1.165) is 6.08 Å². The summed E-state index contributed by atoms with van der Waals surface area (Å²) in [5.74, 6) is 0. The van der Waals surface area contributed by atoms with Gasteiger partial charge in [-0.25, -0.2) is 0 Å². The van der Waals surface area contributed by atoms with E-state index in [4.69, 9.17) is 5.73 Å². The normalized spacial score (nSPS) is 22.2. The molecule has 0 radical (unpaired) electrons. The van der Waals surface area contributed by atoms with Crippen LogP contribution >= 0.6 is 0 Å². The molecule has 3 N–H and O–H groups in total. The van der Waals surface area contributed by atoms with E-state index >= 15 is 0 Å². The number of carbonyl (C=O) groups excluding carboxylic acids is 1. The number of halogens is 3. The van der Waals surface area contributed by atoms with Crippen LogP contribution in [0.2, 0.25) is 0 Å². The van der Waals surface area contributed by atoms with Gasteiger partial charge in [0.2, 0.25) is 0 Å². The van der Waals surface area contributed by atoms with Gasteiger partial charge in [0.05, 0.1) is 5.57 Å². The van der Waals surface area contributed by atoms with Gasteiger partial charge in [0.1, 0.15) is 12.3 Å². The van der Waals surface area contributed by atoms with E-state index in [0.29, 0.717) is 12.0 Å². The van der Waals surface area contributed by atoms with Crippen molar-refractivity contribution in [2.45, 2.75) is 19.1 Å². The molecule has 0 fully saturated rings. The van der Waals surface area contributed by atoms with Crippen molar-refractivity contribution in [1.82, 2.24) is 5.32 Å². The summed E-state index contributed by atoms with van der Waals surface area (Å²) in [4.78, 5) is 10.6. The molecule has 1 atom stereocenters. The number of alkyl halides is 3. The monoisotopic (exact) mass is 220 g/mol. The zero-order valence-corrected chi connectivity index (χ0v) is 8.06. The number of rotatable bonds is 2. The minimum atomic E-state index is -4.47. The number of hydrogen-bond acceptors (Lipinski definition) is 3. The second kappa shape index (κ2) is 4.06. The second-order valence-electron chi connectivity index (χ2n) is 3.23. The lowest BCUT2D eigenvalue weighted by atomic mass is 9.96. The van der Waals surface area contributed by atoms with Gasteiger partial charge in [0.25, 0.3) is 0 Å². The SMILES string of the molecule is CC1=CC(C(F)(F)F)=C(CN)C(C=O)N1. The van der Waals surface area contributed by atoms with Gasteiger partial charge in [-0.15, -0.1) is 0 Å². The molecule has 0 spiro atoms. The molecule has 0 saturated heterocycles. The number of hydrogen-bond donors (Lipinski definition) is 2. The molecule has 0 aromatic rings. The van der Waals surface area contributed by atoms with Crippen LogP contribution in [0.5, 0.6) is 0 Å². The highest BCUT2D eigenvalue weighted by Gasteiger charge is 2.38. The first kappa shape index (κ1) is 11.8. The number of nitrogens with one attached hydrogen (secondary N) is 1. The molecule has 1 heterocycles. The summed E-state index contributed by atoms with van der Waals surface area (Å²) in [6.45, 7) is 1.17. The van der Waals surface area contributed by atoms with E-state index in [2.05, 4.69) is 5.32 Å². The molecule has 0 bridgehead atoms. The van der Waals surface area contributed by atoms with Crippen molar-refractivity contribution in [1.29, 1.82) is 0 Å². The van der Waals surface area contributed by atoms with Crippen molar-refractivity contribution in [2.24, 2.45) is 5.73 Å². The molecule has 6 heteroatoms. The summed E-state index contributed by atoms with van der Waals surface area (Å²) in [7, 11) is 0. The summed E-state index contributed by atoms with van der Waals surface area (Å²) in [5.41, 5.74) is 4.58. The quantitative estimate of drug-likeness (QED) is 0.679. The summed E-state index contributed by atoms with van der Waals surface area (Å²) in [6.07, 6.45) is -3.09. The van der Waals surface area contributed by atoms with Gasteiger partial charge in [-0.1, -0.05) is 0 Å². The number of allylic oxidation sites excluding steroid dienone is 3. The molecule has 0 aliphatic carbocycles. The third-order valence-electron chi connectivity index (χ3n) is 2.13. The van der Waals surface area contributed by atoms with E-state index < -0.39 is 17.8 Å². The lowest BCUT2D eigenvalue weighted by molar-refractivity contribution is -0.109. The molecule has 0 aromatic carbocycles. The standard InChI is InChI=1S/C9H11F3N2O/c1-5-2-7(9(10,11)12)6(3-13)8(4-15)14-5/h2,4,8,14H,3,13H2,1H3. The number of nitrogens with two attached hydrogens (primary N) is 1. The molecule has 1 aliphatic heterocycles. The van der Waals surface area contributed by atoms with Crippen molar-refractivity contribution in [3.63, 3.8) is 0 Å². The third-order valence-corrected chi connectivity index (χ3v) is 2.13. The fraction of sp³-hybridized carbons (Fsp3) is 0.444. The van der Waals surface area contributed by atoms with Gasteiger partial charge in [-0.05, 0) is 18.6 Å². The molecule has 15 heavy (non-hydrogen) atoms. The zero-order valence-electron chi connectivity index (χ0n) is 8.06. The van der Waals surface area contributed by atoms with Crippen LogP contribution in [0.25, 0.3) is 0 Å². The van der Waals surface area contributed by atoms with Crippen LogP contribution < -0.4 is 11.1 Å². The van der Waals surface area contributed by atoms with Crippen molar-refractivity contribution in [3.8, 4) is 0 Å². The Bertz CT molecular complexity index is 331. The van der Waals surface area contributed by atoms with Crippen LogP contribution in [0, 0.1) is 0 Å². The van der Waals surface area contributed by atoms with Crippen molar-refractivity contribution < 1.29 is 18.0 Å². The van der Waals surface area contributed by atoms with Crippen molar-refractivity contribution in [3.05, 3.63) is 22.9 Å². The van der Waals surface area contributed by atoms with Gasteiger partial charge in [-0.2, -0.15) is 13.2 Å². The Morgan fingerprint density at radius 3 is 2.60 bits per heavy atom. The van der Waals surface area contributed by atoms with Crippen LogP contribution in [0.4, 0.5) is 13.2 Å². The molecule has 0 aromatic heterocycles. The van der Waals surface area contributed by atoms with Crippen molar-refractivity contribution in [2.75, 3.05) is 6.54 Å². The predicted octanol–water partition coefficient (Wildman–Crippen LogP) is 0.878. The zero-order chi connectivity index (χ0) is 11.6. The van der Waals surface area contributed by atoms with Crippen LogP contribution in [0.1, 0.15) is 6.92 Å². The van der Waals surface area contributed by atoms with E-state index in [-0.39, 0.29) is 12.1 Å². The minimum Gasteiger partial charge on any atom is -0.376 e. The smallest absolute Gasteiger partial charge is 0.376 e. The number of aldehydes is 1. The molecule has 0 amide bonds. The summed E-state index contributed by atoms with van der Waals surface area (Å²) < 4.78 is 37.7. The molecule has 0 saturated carbocycles. The van der Waals surface area contributed by atoms with Crippen LogP contribution in [0.15, 0.2) is 22.9 Å². The fourth-order valence-electron chi connectivity index (χ4n) is 1.47. The van der Waals surface area contributed by atoms with Gasteiger partial charge >= 0.3 is 6.18 Å². The first-order valence-corrected chi connectivity index (χ1v) is 4.30. The van der Waals surface area contributed by atoms with E-state index in [1.54, 1.807) is 0 Å². The van der Waals surface area contributed by atoms with Gasteiger partial charge in [0.15, 0.2) is 0 Å². The lowest BCUT2D eigenvalue weighted by Crippen LogP contribution is -2.39. The maximum atomic E-state index is 12.6. The summed E-state index contributed by atoms with van der Waals surface area (Å²) in [6, 6.07) is -0.975. The van der Waals surface area contributed by atoms with Gasteiger partial charge in [0, 0.05) is 12.2 Å². The molecule has 3 nitrogen and oxygen atoms in total. The lowest BCUT2D eigenvalue weighted by Gasteiger charge is -2.26. The Morgan fingerprint density at radius 1 is 1.60 bits per heavy atom. The van der Waals surface area contributed by atoms with E-state index in [9.17, 15) is 18.0 Å². The molecule has 1 rings (SSSR count). The molecule has 1 aliphatic rings. The maximum Gasteiger partial charge on any atom is 0.416 e. The van der Waals surface area contributed by atoms with E-state index in [1.807, 2.05) is 0 Å². The van der Waals surface area contributed by atoms with Crippen molar-refractivity contribution >= 4 is 6.29 Å². The fourth-order valence-corrected chi connectivity index (χ4v) is 1.47. The second-order valence-corrected chi connectivity index (χ2v) is 3.23. The van der Waals surface area contributed by atoms with Crippen LogP contribution in [-0.2, 0) is 4.79 Å². The van der Waals surface area contributed by atoms with Gasteiger partial charge < -0.3 is 15.8 Å². The van der Waals surface area contributed by atoms with Crippen LogP contribution in [-0.4, -0.2) is 25.0 Å². The van der Waals surface area contributed by atoms with Crippen LogP contribution in [0.3, 0.4) is 0 Å². The average molecular weight is 220 g/mol. The summed E-state index contributed by atoms with van der Waals surface area (Å²) in [5, 5.41) is 2.62. The Balaban J connectivity index is 3.24. The largest absolute Gasteiger partial charge is 0.416 e. The molecule has 84 valence electrons. The summed E-state index contributed by atoms with van der Waals surface area (Å²) >= 11 is 0. The third kappa shape index (κ3) is 2.38. The Hall–Kier alpha value is -1.30. The van der Waals surface area contributed by atoms with Gasteiger partial charge in [-0.3, -0.25) is 0 Å². The highest BCUT2D eigenvalue weighted by molar-refractivity contribution is 5.67. The first-order chi connectivity index (χ1) is 6.90. The predicted molar refractivity (Wildman–Crippen MR) is 48.9 cm³/mol. The highest BCUT2D eigenvalue weighted by Crippen LogP contribution is 2.32. The number of carbonyl (C=O) groups is 1. The first-order valence-electron chi connectivity index (χ1n) is 4.30. The molecular formula is C9H11F3N2O. The Kier molecular flexibility index (Phi) is 3.18.